The van der Waals surface area contributed by atoms with Gasteiger partial charge in [-0.2, -0.15) is 0 Å². The minimum absolute atomic E-state index is 0.0444. The molecule has 0 bridgehead atoms. The van der Waals surface area contributed by atoms with E-state index in [0.29, 0.717) is 17.4 Å². The number of aromatic amines is 1. The number of likely N-dealkylation sites (tertiary alicyclic amines) is 2. The largest absolute Gasteiger partial charge is 0.380 e. The van der Waals surface area contributed by atoms with Crippen molar-refractivity contribution in [2.75, 3.05) is 33.7 Å². The Hall–Kier alpha value is -3.99. The van der Waals surface area contributed by atoms with Crippen molar-refractivity contribution < 1.29 is 9.59 Å². The number of H-pyrrole nitrogens is 1. The van der Waals surface area contributed by atoms with Gasteiger partial charge in [-0.25, -0.2) is 4.98 Å². The van der Waals surface area contributed by atoms with Crippen molar-refractivity contribution in [3.63, 3.8) is 0 Å². The number of aliphatic imine (C=N–C) groups is 1. The van der Waals surface area contributed by atoms with Crippen LogP contribution in [0.1, 0.15) is 70.8 Å². The molecule has 50 heavy (non-hydrogen) atoms. The van der Waals surface area contributed by atoms with Crippen LogP contribution in [-0.2, 0) is 9.59 Å². The lowest BCUT2D eigenvalue weighted by Crippen LogP contribution is -2.51. The Morgan fingerprint density at radius 1 is 0.880 bits per heavy atom. The van der Waals surface area contributed by atoms with E-state index in [2.05, 4.69) is 96.7 Å². The van der Waals surface area contributed by atoms with E-state index < -0.39 is 0 Å². The number of carbonyl (C=O) groups is 2. The van der Waals surface area contributed by atoms with E-state index in [1.807, 2.05) is 42.2 Å². The number of hydrogen-bond donors (Lipinski definition) is 4. The van der Waals surface area contributed by atoms with Gasteiger partial charge < -0.3 is 30.7 Å². The maximum absolute atomic E-state index is 13.3. The summed E-state index contributed by atoms with van der Waals surface area (Å²) >= 11 is 6.56. The Morgan fingerprint density at radius 2 is 1.42 bits per heavy atom. The van der Waals surface area contributed by atoms with Gasteiger partial charge in [-0.15, -0.1) is 0 Å². The van der Waals surface area contributed by atoms with Crippen molar-refractivity contribution in [3.05, 3.63) is 71.3 Å². The maximum Gasteiger partial charge on any atom is 0.240 e. The highest BCUT2D eigenvalue weighted by atomic mass is 35.5. The highest BCUT2D eigenvalue weighted by molar-refractivity contribution is 6.32. The van der Waals surface area contributed by atoms with Crippen molar-refractivity contribution in [1.29, 1.82) is 0 Å². The molecule has 1 aromatic heterocycles. The predicted molar refractivity (Wildman–Crippen MR) is 204 cm³/mol. The molecule has 2 amide bonds. The molecule has 4 N–H and O–H groups in total. The molecular formula is C39H53ClN8O2. The highest BCUT2D eigenvalue weighted by Crippen LogP contribution is 2.33. The maximum atomic E-state index is 13.3. The molecule has 10 nitrogen and oxygen atoms in total. The van der Waals surface area contributed by atoms with Crippen molar-refractivity contribution in [2.45, 2.75) is 77.5 Å². The summed E-state index contributed by atoms with van der Waals surface area (Å²) in [5.41, 5.74) is 5.69. The normalized spacial score (nSPS) is 19.5. The molecule has 2 aliphatic heterocycles. The molecule has 2 saturated heterocycles. The molecule has 0 aliphatic carbocycles. The number of benzene rings is 2. The summed E-state index contributed by atoms with van der Waals surface area (Å²) in [7, 11) is 3.70. The molecule has 5 rings (SSSR count). The van der Waals surface area contributed by atoms with Crippen LogP contribution < -0.4 is 16.0 Å². The topological polar surface area (TPSA) is 118 Å². The fourth-order valence-corrected chi connectivity index (χ4v) is 7.59. The van der Waals surface area contributed by atoms with Gasteiger partial charge in [-0.1, -0.05) is 87.8 Å². The summed E-state index contributed by atoms with van der Waals surface area (Å²) in [6.45, 7) is 14.0. The number of hydrogen-bond acceptors (Lipinski definition) is 7. The van der Waals surface area contributed by atoms with Crippen LogP contribution in [0.5, 0.6) is 0 Å². The minimum Gasteiger partial charge on any atom is -0.380 e. The van der Waals surface area contributed by atoms with Crippen molar-refractivity contribution in [3.8, 4) is 22.4 Å². The summed E-state index contributed by atoms with van der Waals surface area (Å²) in [5, 5.41) is 10.2. The number of amides is 2. The third-order valence-corrected chi connectivity index (χ3v) is 10.5. The molecular weight excluding hydrogens is 648 g/mol. The van der Waals surface area contributed by atoms with Crippen molar-refractivity contribution >= 4 is 35.8 Å². The molecule has 2 aliphatic rings. The van der Waals surface area contributed by atoms with E-state index in [4.69, 9.17) is 16.6 Å². The summed E-state index contributed by atoms with van der Waals surface area (Å²) in [6.07, 6.45) is 5.64. The van der Waals surface area contributed by atoms with E-state index in [9.17, 15) is 9.59 Å². The highest BCUT2D eigenvalue weighted by Gasteiger charge is 2.36. The lowest BCUT2D eigenvalue weighted by atomic mass is 10.0. The number of halogens is 1. The number of imidazole rings is 1. The molecule has 268 valence electrons. The van der Waals surface area contributed by atoms with Gasteiger partial charge in [0.25, 0.3) is 0 Å². The SMILES string of the molecule is C=N/C(Cl)=C(\NC[C@@H]1CCCN1C(=O)[C@@H](NC)C(C)C)c1ccc(-c2ccc(-c3cnc(C4CCCN4C(=O)C(NC)C(C)C)[nH]3)cc2)cc1. The molecule has 0 saturated carbocycles. The number of nitrogens with zero attached hydrogens (tertiary/aromatic N) is 4. The molecule has 0 spiro atoms. The van der Waals surface area contributed by atoms with E-state index in [1.54, 1.807) is 0 Å². The quantitative estimate of drug-likeness (QED) is 0.120. The fourth-order valence-electron chi connectivity index (χ4n) is 7.41. The Balaban J connectivity index is 1.25. The third-order valence-electron chi connectivity index (χ3n) is 10.2. The first kappa shape index (κ1) is 37.3. The van der Waals surface area contributed by atoms with E-state index in [1.165, 1.54) is 0 Å². The third kappa shape index (κ3) is 8.14. The van der Waals surface area contributed by atoms with Crippen LogP contribution in [0.4, 0.5) is 0 Å². The Labute approximate surface area is 302 Å². The fraction of sp³-hybridized carbons (Fsp3) is 0.487. The zero-order valence-corrected chi connectivity index (χ0v) is 31.1. The molecule has 4 atom stereocenters. The second kappa shape index (κ2) is 16.8. The molecule has 0 radical (unpaired) electrons. The monoisotopic (exact) mass is 700 g/mol. The van der Waals surface area contributed by atoms with Crippen LogP contribution >= 0.6 is 11.6 Å². The smallest absolute Gasteiger partial charge is 0.240 e. The number of likely N-dealkylation sites (N-methyl/N-ethyl adjacent to an activating group) is 2. The standard InChI is InChI=1S/C39H53ClN8O2/c1-24(2)33(41-5)38(49)47-20-8-10-30(47)22-44-35(36(40)43-7)29-18-14-27(15-19-29)26-12-16-28(17-13-26)31-23-45-37(46-31)32-11-9-21-48(32)39(50)34(42-6)25(3)4/h12-19,23-25,30,32-34,41-42,44H,7-11,20-22H2,1-6H3,(H,45,46)/b36-35-/t30-,32?,33-,34?/m0/s1. The van der Waals surface area contributed by atoms with Crippen LogP contribution in [0.15, 0.2) is 64.9 Å². The van der Waals surface area contributed by atoms with Crippen molar-refractivity contribution in [2.24, 2.45) is 16.8 Å². The van der Waals surface area contributed by atoms with E-state index >= 15 is 0 Å². The molecule has 2 unspecified atom stereocenters. The lowest BCUT2D eigenvalue weighted by molar-refractivity contribution is -0.136. The first-order valence-corrected chi connectivity index (χ1v) is 18.3. The van der Waals surface area contributed by atoms with Crippen LogP contribution in [0.2, 0.25) is 0 Å². The van der Waals surface area contributed by atoms with Gasteiger partial charge in [0.05, 0.1) is 35.7 Å². The minimum atomic E-state index is -0.206. The van der Waals surface area contributed by atoms with Gasteiger partial charge in [-0.05, 0) is 75.0 Å². The molecule has 2 fully saturated rings. The first-order chi connectivity index (χ1) is 24.1. The molecule has 2 aromatic carbocycles. The van der Waals surface area contributed by atoms with E-state index in [0.717, 1.165) is 72.5 Å². The first-order valence-electron chi connectivity index (χ1n) is 17.9. The van der Waals surface area contributed by atoms with E-state index in [-0.39, 0.29) is 47.8 Å². The van der Waals surface area contributed by atoms with Gasteiger partial charge in [0.1, 0.15) is 5.82 Å². The van der Waals surface area contributed by atoms with Gasteiger partial charge in [0.15, 0.2) is 5.16 Å². The second-order valence-electron chi connectivity index (χ2n) is 14.1. The Kier molecular flexibility index (Phi) is 12.5. The zero-order chi connectivity index (χ0) is 35.9. The number of aromatic nitrogens is 2. The molecule has 3 heterocycles. The average molecular weight is 701 g/mol. The van der Waals surface area contributed by atoms with Gasteiger partial charge in [0, 0.05) is 31.2 Å². The Bertz CT molecular complexity index is 1650. The summed E-state index contributed by atoms with van der Waals surface area (Å²) in [4.78, 5) is 42.8. The number of nitrogens with one attached hydrogen (secondary N) is 4. The van der Waals surface area contributed by atoms with Gasteiger partial charge >= 0.3 is 0 Å². The van der Waals surface area contributed by atoms with Gasteiger partial charge in [0.2, 0.25) is 11.8 Å². The molecule has 3 aromatic rings. The number of rotatable bonds is 14. The average Bonchev–Trinajstić information content (AvgIpc) is 3.90. The van der Waals surface area contributed by atoms with Crippen LogP contribution in [-0.4, -0.2) is 90.2 Å². The van der Waals surface area contributed by atoms with Crippen LogP contribution in [0.25, 0.3) is 28.1 Å². The van der Waals surface area contributed by atoms with Gasteiger partial charge in [-0.3, -0.25) is 14.6 Å². The summed E-state index contributed by atoms with van der Waals surface area (Å²) in [5.74, 6) is 1.53. The van der Waals surface area contributed by atoms with Crippen LogP contribution in [0, 0.1) is 11.8 Å². The number of carbonyl (C=O) groups excluding carboxylic acids is 2. The predicted octanol–water partition coefficient (Wildman–Crippen LogP) is 6.04. The van der Waals surface area contributed by atoms with Crippen molar-refractivity contribution in [1.82, 2.24) is 35.7 Å². The second-order valence-corrected chi connectivity index (χ2v) is 14.4. The zero-order valence-electron chi connectivity index (χ0n) is 30.3. The van der Waals surface area contributed by atoms with Crippen LogP contribution in [0.3, 0.4) is 0 Å². The lowest BCUT2D eigenvalue weighted by Gasteiger charge is -2.31. The molecule has 11 heteroatoms. The summed E-state index contributed by atoms with van der Waals surface area (Å²) in [6, 6.07) is 16.2. The summed E-state index contributed by atoms with van der Waals surface area (Å²) < 4.78 is 0. The Morgan fingerprint density at radius 3 is 2.00 bits per heavy atom.